The second-order valence-corrected chi connectivity index (χ2v) is 6.28. The van der Waals surface area contributed by atoms with Crippen LogP contribution in [0.15, 0.2) is 53.3 Å². The minimum absolute atomic E-state index is 0.00147. The Hall–Kier alpha value is -2.88. The predicted molar refractivity (Wildman–Crippen MR) is 102 cm³/mol. The van der Waals surface area contributed by atoms with E-state index in [-0.39, 0.29) is 18.0 Å². The van der Waals surface area contributed by atoms with Crippen LogP contribution in [0.25, 0.3) is 10.9 Å². The fraction of sp³-hybridized carbons (Fsp3) is 0.238. The second kappa shape index (κ2) is 6.93. The number of carbonyl (C=O) groups excluding carboxylic acids is 1. The molecule has 2 aromatic carbocycles. The standard InChI is InChI=1S/C21H22N2O2/c1-4-16-9-5-6-11-18(16)22-19(24)13-23-20(25)12-15(3)17-10-7-8-14(2)21(17)23/h5-12H,4,13H2,1-3H3,(H,22,24). The maximum Gasteiger partial charge on any atom is 0.251 e. The van der Waals surface area contributed by atoms with E-state index in [2.05, 4.69) is 5.32 Å². The van der Waals surface area contributed by atoms with Crippen LogP contribution in [0.2, 0.25) is 0 Å². The summed E-state index contributed by atoms with van der Waals surface area (Å²) in [6, 6.07) is 15.2. The zero-order valence-corrected chi connectivity index (χ0v) is 14.8. The Morgan fingerprint density at radius 3 is 2.56 bits per heavy atom. The van der Waals surface area contributed by atoms with Gasteiger partial charge in [-0.2, -0.15) is 0 Å². The topological polar surface area (TPSA) is 51.1 Å². The summed E-state index contributed by atoms with van der Waals surface area (Å²) in [6.07, 6.45) is 0.836. The smallest absolute Gasteiger partial charge is 0.251 e. The van der Waals surface area contributed by atoms with Crippen LogP contribution in [-0.4, -0.2) is 10.5 Å². The predicted octanol–water partition coefficient (Wildman–Crippen LogP) is 3.82. The average Bonchev–Trinajstić information content (AvgIpc) is 2.59. The number of pyridine rings is 1. The summed E-state index contributed by atoms with van der Waals surface area (Å²) in [4.78, 5) is 25.1. The van der Waals surface area contributed by atoms with E-state index in [0.29, 0.717) is 0 Å². The first-order valence-electron chi connectivity index (χ1n) is 8.48. The van der Waals surface area contributed by atoms with Crippen LogP contribution in [0, 0.1) is 13.8 Å². The van der Waals surface area contributed by atoms with Crippen LogP contribution in [0.1, 0.15) is 23.6 Å². The lowest BCUT2D eigenvalue weighted by atomic mass is 10.1. The number of rotatable bonds is 4. The number of hydrogen-bond donors (Lipinski definition) is 1. The summed E-state index contributed by atoms with van der Waals surface area (Å²) in [7, 11) is 0. The Morgan fingerprint density at radius 2 is 1.80 bits per heavy atom. The van der Waals surface area contributed by atoms with Crippen molar-refractivity contribution >= 4 is 22.5 Å². The van der Waals surface area contributed by atoms with Gasteiger partial charge in [0.15, 0.2) is 0 Å². The Balaban J connectivity index is 1.98. The van der Waals surface area contributed by atoms with Crippen molar-refractivity contribution in [1.82, 2.24) is 4.57 Å². The van der Waals surface area contributed by atoms with Gasteiger partial charge >= 0.3 is 0 Å². The summed E-state index contributed by atoms with van der Waals surface area (Å²) < 4.78 is 1.56. The van der Waals surface area contributed by atoms with E-state index in [0.717, 1.165) is 39.7 Å². The summed E-state index contributed by atoms with van der Waals surface area (Å²) in [5, 5.41) is 3.94. The van der Waals surface area contributed by atoms with Gasteiger partial charge in [0.25, 0.3) is 5.56 Å². The highest BCUT2D eigenvalue weighted by Gasteiger charge is 2.13. The molecule has 0 bridgehead atoms. The van der Waals surface area contributed by atoms with Crippen LogP contribution in [0.4, 0.5) is 5.69 Å². The zero-order valence-electron chi connectivity index (χ0n) is 14.8. The number of anilines is 1. The monoisotopic (exact) mass is 334 g/mol. The maximum atomic E-state index is 12.6. The molecule has 1 amide bonds. The zero-order chi connectivity index (χ0) is 18.0. The number of fused-ring (bicyclic) bond motifs is 1. The van der Waals surface area contributed by atoms with Crippen LogP contribution in [-0.2, 0) is 17.8 Å². The molecule has 4 heteroatoms. The Labute approximate surface area is 147 Å². The number of para-hydroxylation sites is 2. The minimum Gasteiger partial charge on any atom is -0.324 e. The van der Waals surface area contributed by atoms with Crippen molar-refractivity contribution in [3.8, 4) is 0 Å². The number of nitrogens with zero attached hydrogens (tertiary/aromatic N) is 1. The molecule has 0 aliphatic carbocycles. The van der Waals surface area contributed by atoms with Crippen LogP contribution in [0.3, 0.4) is 0 Å². The number of aryl methyl sites for hydroxylation is 3. The van der Waals surface area contributed by atoms with Gasteiger partial charge in [0, 0.05) is 17.1 Å². The largest absolute Gasteiger partial charge is 0.324 e. The van der Waals surface area contributed by atoms with Gasteiger partial charge in [0.2, 0.25) is 5.91 Å². The molecule has 0 atom stereocenters. The molecule has 0 radical (unpaired) electrons. The van der Waals surface area contributed by atoms with Crippen molar-refractivity contribution in [2.75, 3.05) is 5.32 Å². The van der Waals surface area contributed by atoms with Crippen LogP contribution >= 0.6 is 0 Å². The van der Waals surface area contributed by atoms with Gasteiger partial charge in [-0.1, -0.05) is 43.3 Å². The van der Waals surface area contributed by atoms with Crippen molar-refractivity contribution in [1.29, 1.82) is 0 Å². The van der Waals surface area contributed by atoms with E-state index >= 15 is 0 Å². The summed E-state index contributed by atoms with van der Waals surface area (Å²) in [5.41, 5.74) is 4.46. The van der Waals surface area contributed by atoms with E-state index in [1.807, 2.05) is 63.2 Å². The molecule has 0 aliphatic rings. The molecule has 0 fully saturated rings. The molecule has 4 nitrogen and oxygen atoms in total. The lowest BCUT2D eigenvalue weighted by molar-refractivity contribution is -0.116. The van der Waals surface area contributed by atoms with Gasteiger partial charge in [-0.15, -0.1) is 0 Å². The number of benzene rings is 2. The summed E-state index contributed by atoms with van der Waals surface area (Å²) in [6.45, 7) is 5.93. The molecule has 1 heterocycles. The Morgan fingerprint density at radius 1 is 1.04 bits per heavy atom. The first kappa shape index (κ1) is 17.0. The fourth-order valence-corrected chi connectivity index (χ4v) is 3.23. The molecule has 3 aromatic rings. The van der Waals surface area contributed by atoms with E-state index in [1.165, 1.54) is 0 Å². The van der Waals surface area contributed by atoms with Gasteiger partial charge < -0.3 is 5.32 Å². The molecular formula is C21H22N2O2. The molecule has 1 N–H and O–H groups in total. The third-order valence-electron chi connectivity index (χ3n) is 4.51. The van der Waals surface area contributed by atoms with Gasteiger partial charge in [-0.25, -0.2) is 0 Å². The maximum absolute atomic E-state index is 12.6. The molecule has 128 valence electrons. The summed E-state index contributed by atoms with van der Waals surface area (Å²) >= 11 is 0. The van der Waals surface area contributed by atoms with E-state index in [9.17, 15) is 9.59 Å². The molecule has 0 unspecified atom stereocenters. The first-order valence-corrected chi connectivity index (χ1v) is 8.48. The van der Waals surface area contributed by atoms with E-state index in [1.54, 1.807) is 10.6 Å². The van der Waals surface area contributed by atoms with Gasteiger partial charge in [-0.3, -0.25) is 14.2 Å². The van der Waals surface area contributed by atoms with Crippen molar-refractivity contribution in [3.05, 3.63) is 75.6 Å². The van der Waals surface area contributed by atoms with Gasteiger partial charge in [0.1, 0.15) is 6.54 Å². The molecule has 25 heavy (non-hydrogen) atoms. The molecular weight excluding hydrogens is 312 g/mol. The van der Waals surface area contributed by atoms with Crippen molar-refractivity contribution in [3.63, 3.8) is 0 Å². The van der Waals surface area contributed by atoms with Crippen molar-refractivity contribution < 1.29 is 4.79 Å². The molecule has 0 saturated heterocycles. The average molecular weight is 334 g/mol. The van der Waals surface area contributed by atoms with Gasteiger partial charge in [-0.05, 0) is 43.0 Å². The molecule has 3 rings (SSSR count). The van der Waals surface area contributed by atoms with E-state index < -0.39 is 0 Å². The minimum atomic E-state index is -0.198. The number of aromatic nitrogens is 1. The molecule has 0 saturated carbocycles. The third-order valence-corrected chi connectivity index (χ3v) is 4.51. The Kier molecular flexibility index (Phi) is 4.70. The lowest BCUT2D eigenvalue weighted by Gasteiger charge is -2.15. The Bertz CT molecular complexity index is 1000. The van der Waals surface area contributed by atoms with Gasteiger partial charge in [0.05, 0.1) is 5.52 Å². The highest BCUT2D eigenvalue weighted by molar-refractivity contribution is 5.93. The number of hydrogen-bond acceptors (Lipinski definition) is 2. The van der Waals surface area contributed by atoms with Crippen molar-refractivity contribution in [2.45, 2.75) is 33.7 Å². The molecule has 0 aliphatic heterocycles. The second-order valence-electron chi connectivity index (χ2n) is 6.28. The summed E-state index contributed by atoms with van der Waals surface area (Å²) in [5.74, 6) is -0.198. The van der Waals surface area contributed by atoms with Crippen LogP contribution < -0.4 is 10.9 Å². The van der Waals surface area contributed by atoms with Crippen LogP contribution in [0.5, 0.6) is 0 Å². The third kappa shape index (κ3) is 3.33. The molecule has 0 spiro atoms. The van der Waals surface area contributed by atoms with E-state index in [4.69, 9.17) is 0 Å². The van der Waals surface area contributed by atoms with Crippen molar-refractivity contribution in [2.24, 2.45) is 0 Å². The first-order chi connectivity index (χ1) is 12.0. The number of amides is 1. The molecule has 1 aromatic heterocycles. The number of carbonyl (C=O) groups is 1. The quantitative estimate of drug-likeness (QED) is 0.788. The fourth-order valence-electron chi connectivity index (χ4n) is 3.23. The SMILES string of the molecule is CCc1ccccc1NC(=O)Cn1c(=O)cc(C)c2cccc(C)c21. The highest BCUT2D eigenvalue weighted by Crippen LogP contribution is 2.20. The highest BCUT2D eigenvalue weighted by atomic mass is 16.2. The lowest BCUT2D eigenvalue weighted by Crippen LogP contribution is -2.28. The normalized spacial score (nSPS) is 10.8. The number of nitrogens with one attached hydrogen (secondary N) is 1.